The molecule has 1 heteroatoms. The van der Waals surface area contributed by atoms with E-state index in [0.717, 1.165) is 32.1 Å². The van der Waals surface area contributed by atoms with Gasteiger partial charge in [0.2, 0.25) is 0 Å². The van der Waals surface area contributed by atoms with Crippen LogP contribution in [-0.4, -0.2) is 5.78 Å². The van der Waals surface area contributed by atoms with Gasteiger partial charge in [-0.2, -0.15) is 0 Å². The van der Waals surface area contributed by atoms with Gasteiger partial charge in [0, 0.05) is 11.8 Å². The molecule has 0 saturated heterocycles. The lowest BCUT2D eigenvalue weighted by Crippen LogP contribution is -2.28. The number of ketones is 1. The number of carbonyl (C=O) groups excluding carboxylic acids is 1. The van der Waals surface area contributed by atoms with E-state index in [1.807, 2.05) is 6.07 Å². The molecule has 1 aliphatic carbocycles. The van der Waals surface area contributed by atoms with Gasteiger partial charge >= 0.3 is 0 Å². The Balaban J connectivity index is 2.01. The van der Waals surface area contributed by atoms with Gasteiger partial charge in [0.05, 0.1) is 0 Å². The fourth-order valence-corrected chi connectivity index (χ4v) is 3.41. The van der Waals surface area contributed by atoms with Crippen molar-refractivity contribution in [1.82, 2.24) is 0 Å². The van der Waals surface area contributed by atoms with Crippen LogP contribution in [0.5, 0.6) is 0 Å². The van der Waals surface area contributed by atoms with Crippen LogP contribution in [0.2, 0.25) is 0 Å². The Hall–Kier alpha value is -1.11. The maximum Gasteiger partial charge on any atom is 0.139 e. The Morgan fingerprint density at radius 1 is 1.11 bits per heavy atom. The summed E-state index contributed by atoms with van der Waals surface area (Å²) in [6.07, 6.45) is 10.1. The van der Waals surface area contributed by atoms with E-state index in [0.29, 0.717) is 5.78 Å². The third kappa shape index (κ3) is 3.68. The summed E-state index contributed by atoms with van der Waals surface area (Å²) in [6, 6.07) is 10.5. The third-order valence-electron chi connectivity index (χ3n) is 4.54. The second kappa shape index (κ2) is 6.88. The van der Waals surface area contributed by atoms with Gasteiger partial charge in [-0.15, -0.1) is 0 Å². The highest BCUT2D eigenvalue weighted by molar-refractivity contribution is 5.87. The Kier molecular flexibility index (Phi) is 5.18. The van der Waals surface area contributed by atoms with Crippen molar-refractivity contribution in [1.29, 1.82) is 0 Å². The van der Waals surface area contributed by atoms with Crippen LogP contribution in [0.4, 0.5) is 0 Å². The third-order valence-corrected chi connectivity index (χ3v) is 4.54. The molecular formula is C18H26O. The standard InChI is InChI=1S/C18H26O/c1-2-3-4-8-13-18(14-9-12-17(18)19)15-16-10-6-5-7-11-16/h5-7,10-11H,2-4,8-9,12-15H2,1H3. The van der Waals surface area contributed by atoms with E-state index in [4.69, 9.17) is 0 Å². The molecule has 0 aliphatic heterocycles. The monoisotopic (exact) mass is 258 g/mol. The second-order valence-electron chi connectivity index (χ2n) is 6.03. The first-order valence-corrected chi connectivity index (χ1v) is 7.84. The summed E-state index contributed by atoms with van der Waals surface area (Å²) < 4.78 is 0. The predicted molar refractivity (Wildman–Crippen MR) is 80.2 cm³/mol. The minimum Gasteiger partial charge on any atom is -0.299 e. The topological polar surface area (TPSA) is 17.1 Å². The average Bonchev–Trinajstić information content (AvgIpc) is 2.78. The Morgan fingerprint density at radius 3 is 2.53 bits per heavy atom. The van der Waals surface area contributed by atoms with Gasteiger partial charge in [-0.1, -0.05) is 62.9 Å². The van der Waals surface area contributed by atoms with E-state index >= 15 is 0 Å². The van der Waals surface area contributed by atoms with E-state index in [-0.39, 0.29) is 5.41 Å². The van der Waals surface area contributed by atoms with Gasteiger partial charge < -0.3 is 0 Å². The molecule has 1 nitrogen and oxygen atoms in total. The normalized spacial score (nSPS) is 22.9. The van der Waals surface area contributed by atoms with Crippen molar-refractivity contribution in [2.24, 2.45) is 5.41 Å². The quantitative estimate of drug-likeness (QED) is 0.633. The van der Waals surface area contributed by atoms with Crippen LogP contribution in [0.1, 0.15) is 63.9 Å². The van der Waals surface area contributed by atoms with E-state index in [1.165, 1.54) is 31.2 Å². The summed E-state index contributed by atoms with van der Waals surface area (Å²) in [7, 11) is 0. The van der Waals surface area contributed by atoms with Crippen molar-refractivity contribution >= 4 is 5.78 Å². The summed E-state index contributed by atoms with van der Waals surface area (Å²) in [4.78, 5) is 12.4. The first-order chi connectivity index (χ1) is 9.27. The highest BCUT2D eigenvalue weighted by atomic mass is 16.1. The van der Waals surface area contributed by atoms with Gasteiger partial charge in [-0.3, -0.25) is 4.79 Å². The van der Waals surface area contributed by atoms with Crippen molar-refractivity contribution in [3.63, 3.8) is 0 Å². The minimum atomic E-state index is -0.0326. The molecule has 1 fully saturated rings. The molecule has 0 radical (unpaired) electrons. The van der Waals surface area contributed by atoms with Crippen molar-refractivity contribution in [3.05, 3.63) is 35.9 Å². The second-order valence-corrected chi connectivity index (χ2v) is 6.03. The van der Waals surface area contributed by atoms with Crippen LogP contribution in [0.25, 0.3) is 0 Å². The number of Topliss-reactive ketones (excluding diaryl/α,β-unsaturated/α-hetero) is 1. The summed E-state index contributed by atoms with van der Waals surface area (Å²) >= 11 is 0. The molecule has 1 atom stereocenters. The number of rotatable bonds is 7. The lowest BCUT2D eigenvalue weighted by atomic mass is 9.75. The van der Waals surface area contributed by atoms with Crippen LogP contribution >= 0.6 is 0 Å². The number of carbonyl (C=O) groups is 1. The summed E-state index contributed by atoms with van der Waals surface area (Å²) in [6.45, 7) is 2.24. The van der Waals surface area contributed by atoms with Gasteiger partial charge in [-0.05, 0) is 31.2 Å². The average molecular weight is 258 g/mol. The Morgan fingerprint density at radius 2 is 1.89 bits per heavy atom. The zero-order valence-corrected chi connectivity index (χ0v) is 12.2. The summed E-state index contributed by atoms with van der Waals surface area (Å²) in [5.74, 6) is 0.521. The maximum atomic E-state index is 12.4. The largest absolute Gasteiger partial charge is 0.299 e. The lowest BCUT2D eigenvalue weighted by Gasteiger charge is -2.27. The summed E-state index contributed by atoms with van der Waals surface area (Å²) in [5, 5.41) is 0. The summed E-state index contributed by atoms with van der Waals surface area (Å²) in [5.41, 5.74) is 1.29. The minimum absolute atomic E-state index is 0.0326. The van der Waals surface area contributed by atoms with Crippen molar-refractivity contribution in [2.45, 2.75) is 64.7 Å². The first kappa shape index (κ1) is 14.3. The van der Waals surface area contributed by atoms with Gasteiger partial charge in [0.25, 0.3) is 0 Å². The van der Waals surface area contributed by atoms with Crippen molar-refractivity contribution in [3.8, 4) is 0 Å². The molecule has 0 amide bonds. The number of hydrogen-bond acceptors (Lipinski definition) is 1. The molecule has 19 heavy (non-hydrogen) atoms. The molecule has 1 aliphatic rings. The molecular weight excluding hydrogens is 232 g/mol. The maximum absolute atomic E-state index is 12.4. The van der Waals surface area contributed by atoms with Crippen molar-refractivity contribution < 1.29 is 4.79 Å². The van der Waals surface area contributed by atoms with Crippen LogP contribution in [0.15, 0.2) is 30.3 Å². The van der Waals surface area contributed by atoms with E-state index in [1.54, 1.807) is 0 Å². The van der Waals surface area contributed by atoms with E-state index in [2.05, 4.69) is 31.2 Å². The lowest BCUT2D eigenvalue weighted by molar-refractivity contribution is -0.126. The number of hydrogen-bond donors (Lipinski definition) is 0. The first-order valence-electron chi connectivity index (χ1n) is 7.84. The van der Waals surface area contributed by atoms with Crippen LogP contribution in [0, 0.1) is 5.41 Å². The highest BCUT2D eigenvalue weighted by Gasteiger charge is 2.40. The van der Waals surface area contributed by atoms with Gasteiger partial charge in [0.15, 0.2) is 0 Å². The molecule has 0 spiro atoms. The SMILES string of the molecule is CCCCCCC1(Cc2ccccc2)CCCC1=O. The molecule has 1 aromatic carbocycles. The van der Waals surface area contributed by atoms with Crippen LogP contribution < -0.4 is 0 Å². The molecule has 1 unspecified atom stereocenters. The van der Waals surface area contributed by atoms with Crippen LogP contribution in [-0.2, 0) is 11.2 Å². The Labute approximate surface area is 117 Å². The van der Waals surface area contributed by atoms with Crippen molar-refractivity contribution in [2.75, 3.05) is 0 Å². The molecule has 104 valence electrons. The van der Waals surface area contributed by atoms with Gasteiger partial charge in [-0.25, -0.2) is 0 Å². The highest BCUT2D eigenvalue weighted by Crippen LogP contribution is 2.42. The number of benzene rings is 1. The molecule has 0 aromatic heterocycles. The number of unbranched alkanes of at least 4 members (excludes halogenated alkanes) is 3. The van der Waals surface area contributed by atoms with Gasteiger partial charge in [0.1, 0.15) is 5.78 Å². The molecule has 2 rings (SSSR count). The fraction of sp³-hybridized carbons (Fsp3) is 0.611. The zero-order chi connectivity index (χ0) is 13.6. The molecule has 0 heterocycles. The van der Waals surface area contributed by atoms with E-state index in [9.17, 15) is 4.79 Å². The Bertz CT molecular complexity index is 395. The molecule has 1 saturated carbocycles. The smallest absolute Gasteiger partial charge is 0.139 e. The van der Waals surface area contributed by atoms with Crippen LogP contribution in [0.3, 0.4) is 0 Å². The zero-order valence-electron chi connectivity index (χ0n) is 12.2. The molecule has 0 N–H and O–H groups in total. The molecule has 0 bridgehead atoms. The molecule has 1 aromatic rings. The predicted octanol–water partition coefficient (Wildman–Crippen LogP) is 4.94. The fourth-order valence-electron chi connectivity index (χ4n) is 3.41. The van der Waals surface area contributed by atoms with E-state index < -0.39 is 0 Å².